The lowest BCUT2D eigenvalue weighted by molar-refractivity contribution is -0.0892. The van der Waals surface area contributed by atoms with Gasteiger partial charge in [-0.15, -0.1) is 0 Å². The number of nitrogens with zero attached hydrogens (tertiary/aromatic N) is 3. The van der Waals surface area contributed by atoms with Gasteiger partial charge >= 0.3 is 0 Å². The van der Waals surface area contributed by atoms with Gasteiger partial charge in [0.2, 0.25) is 0 Å². The van der Waals surface area contributed by atoms with Gasteiger partial charge in [0.15, 0.2) is 0 Å². The average molecular weight is 237 g/mol. The lowest BCUT2D eigenvalue weighted by Crippen LogP contribution is -2.46. The molecule has 0 bridgehead atoms. The van der Waals surface area contributed by atoms with Crippen LogP contribution in [0.25, 0.3) is 0 Å². The van der Waals surface area contributed by atoms with E-state index in [4.69, 9.17) is 4.74 Å². The van der Waals surface area contributed by atoms with Crippen LogP contribution in [0.5, 0.6) is 0 Å². The third-order valence-corrected chi connectivity index (χ3v) is 3.60. The van der Waals surface area contributed by atoms with Crippen LogP contribution in [0, 0.1) is 0 Å². The molecule has 1 fully saturated rings. The molecule has 0 aliphatic carbocycles. The highest BCUT2D eigenvalue weighted by molar-refractivity contribution is 5.10. The Morgan fingerprint density at radius 2 is 2.29 bits per heavy atom. The van der Waals surface area contributed by atoms with Gasteiger partial charge in [-0.3, -0.25) is 9.58 Å². The molecule has 0 radical (unpaired) electrons. The number of aryl methyl sites for hydroxylation is 1. The van der Waals surface area contributed by atoms with Gasteiger partial charge in [0.1, 0.15) is 0 Å². The Bertz CT molecular complexity index is 363. The number of aromatic nitrogens is 2. The fraction of sp³-hybridized carbons (Fsp3) is 0.769. The fourth-order valence-electron chi connectivity index (χ4n) is 2.39. The summed E-state index contributed by atoms with van der Waals surface area (Å²) in [5.41, 5.74) is 1.19. The molecule has 1 aromatic rings. The molecule has 96 valence electrons. The SMILES string of the molecule is CCC(C)N1CC(C)OC(c2cnn(C)c2)C1. The Kier molecular flexibility index (Phi) is 3.84. The van der Waals surface area contributed by atoms with E-state index in [1.807, 2.05) is 17.9 Å². The Balaban J connectivity index is 2.08. The normalized spacial score (nSPS) is 28.2. The second kappa shape index (κ2) is 5.19. The summed E-state index contributed by atoms with van der Waals surface area (Å²) < 4.78 is 7.85. The number of hydrogen-bond donors (Lipinski definition) is 0. The quantitative estimate of drug-likeness (QED) is 0.805. The number of rotatable bonds is 3. The molecule has 0 amide bonds. The molecule has 2 heterocycles. The van der Waals surface area contributed by atoms with Gasteiger partial charge in [0, 0.05) is 37.9 Å². The van der Waals surface area contributed by atoms with Crippen LogP contribution < -0.4 is 0 Å². The molecule has 3 unspecified atom stereocenters. The molecule has 0 saturated carbocycles. The highest BCUT2D eigenvalue weighted by Gasteiger charge is 2.29. The molecule has 0 N–H and O–H groups in total. The minimum atomic E-state index is 0.168. The van der Waals surface area contributed by atoms with Crippen LogP contribution in [-0.2, 0) is 11.8 Å². The summed E-state index contributed by atoms with van der Waals surface area (Å²) in [5.74, 6) is 0. The van der Waals surface area contributed by atoms with Crippen molar-refractivity contribution in [3.05, 3.63) is 18.0 Å². The van der Waals surface area contributed by atoms with Gasteiger partial charge in [-0.05, 0) is 20.3 Å². The fourth-order valence-corrected chi connectivity index (χ4v) is 2.39. The largest absolute Gasteiger partial charge is 0.368 e. The summed E-state index contributed by atoms with van der Waals surface area (Å²) in [7, 11) is 1.95. The maximum Gasteiger partial charge on any atom is 0.0986 e. The maximum atomic E-state index is 6.02. The first-order valence-corrected chi connectivity index (χ1v) is 6.48. The van der Waals surface area contributed by atoms with Gasteiger partial charge in [0.05, 0.1) is 18.4 Å². The Morgan fingerprint density at radius 1 is 1.53 bits per heavy atom. The van der Waals surface area contributed by atoms with Gasteiger partial charge in [-0.1, -0.05) is 6.92 Å². The molecular weight excluding hydrogens is 214 g/mol. The van der Waals surface area contributed by atoms with Crippen molar-refractivity contribution in [2.24, 2.45) is 7.05 Å². The van der Waals surface area contributed by atoms with E-state index in [9.17, 15) is 0 Å². The number of hydrogen-bond acceptors (Lipinski definition) is 3. The molecule has 4 heteroatoms. The molecule has 1 aromatic heterocycles. The summed E-state index contributed by atoms with van der Waals surface area (Å²) in [6, 6.07) is 0.625. The van der Waals surface area contributed by atoms with Crippen molar-refractivity contribution in [2.45, 2.75) is 45.4 Å². The summed E-state index contributed by atoms with van der Waals surface area (Å²) in [5, 5.41) is 4.23. The average Bonchev–Trinajstić information content (AvgIpc) is 2.74. The molecule has 0 spiro atoms. The number of morpholine rings is 1. The smallest absolute Gasteiger partial charge is 0.0986 e. The predicted octanol–water partition coefficient (Wildman–Crippen LogP) is 1.98. The van der Waals surface area contributed by atoms with E-state index >= 15 is 0 Å². The molecule has 4 nitrogen and oxygen atoms in total. The second-order valence-corrected chi connectivity index (χ2v) is 5.09. The molecule has 1 aliphatic heterocycles. The first kappa shape index (κ1) is 12.6. The van der Waals surface area contributed by atoms with Crippen LogP contribution in [-0.4, -0.2) is 39.9 Å². The van der Waals surface area contributed by atoms with Crippen LogP contribution in [0.2, 0.25) is 0 Å². The predicted molar refractivity (Wildman–Crippen MR) is 67.8 cm³/mol. The van der Waals surface area contributed by atoms with E-state index in [1.54, 1.807) is 0 Å². The maximum absolute atomic E-state index is 6.02. The van der Waals surface area contributed by atoms with Crippen molar-refractivity contribution in [1.29, 1.82) is 0 Å². The number of ether oxygens (including phenoxy) is 1. The van der Waals surface area contributed by atoms with Crippen LogP contribution in [0.1, 0.15) is 38.9 Å². The van der Waals surface area contributed by atoms with Crippen molar-refractivity contribution < 1.29 is 4.74 Å². The van der Waals surface area contributed by atoms with Crippen molar-refractivity contribution in [1.82, 2.24) is 14.7 Å². The summed E-state index contributed by atoms with van der Waals surface area (Å²) in [6.07, 6.45) is 5.62. The van der Waals surface area contributed by atoms with Gasteiger partial charge in [-0.25, -0.2) is 0 Å². The molecule has 1 aliphatic rings. The molecule has 1 saturated heterocycles. The highest BCUT2D eigenvalue weighted by Crippen LogP contribution is 2.26. The van der Waals surface area contributed by atoms with Crippen molar-refractivity contribution >= 4 is 0 Å². The van der Waals surface area contributed by atoms with Crippen molar-refractivity contribution in [3.8, 4) is 0 Å². The zero-order chi connectivity index (χ0) is 12.4. The Labute approximate surface area is 104 Å². The van der Waals surface area contributed by atoms with Crippen LogP contribution in [0.3, 0.4) is 0 Å². The topological polar surface area (TPSA) is 30.3 Å². The van der Waals surface area contributed by atoms with E-state index < -0.39 is 0 Å². The third kappa shape index (κ3) is 2.87. The first-order valence-electron chi connectivity index (χ1n) is 6.48. The Morgan fingerprint density at radius 3 is 2.88 bits per heavy atom. The van der Waals surface area contributed by atoms with Crippen LogP contribution >= 0.6 is 0 Å². The summed E-state index contributed by atoms with van der Waals surface area (Å²) in [6.45, 7) is 8.69. The minimum Gasteiger partial charge on any atom is -0.368 e. The standard InChI is InChI=1S/C13H23N3O/c1-5-10(2)16-7-11(3)17-13(9-16)12-6-14-15(4)8-12/h6,8,10-11,13H,5,7,9H2,1-4H3. The lowest BCUT2D eigenvalue weighted by atomic mass is 10.1. The van der Waals surface area contributed by atoms with E-state index in [-0.39, 0.29) is 6.10 Å². The van der Waals surface area contributed by atoms with Crippen molar-refractivity contribution in [3.63, 3.8) is 0 Å². The molecular formula is C13H23N3O. The summed E-state index contributed by atoms with van der Waals surface area (Å²) >= 11 is 0. The molecule has 0 aromatic carbocycles. The zero-order valence-electron chi connectivity index (χ0n) is 11.3. The Hall–Kier alpha value is -0.870. The van der Waals surface area contributed by atoms with Crippen LogP contribution in [0.4, 0.5) is 0 Å². The molecule has 17 heavy (non-hydrogen) atoms. The second-order valence-electron chi connectivity index (χ2n) is 5.09. The van der Waals surface area contributed by atoms with Gasteiger partial charge < -0.3 is 4.74 Å². The monoisotopic (exact) mass is 237 g/mol. The molecule has 2 rings (SSSR count). The van der Waals surface area contributed by atoms with Gasteiger partial charge in [-0.2, -0.15) is 5.10 Å². The van der Waals surface area contributed by atoms with E-state index in [2.05, 4.69) is 37.0 Å². The van der Waals surface area contributed by atoms with Gasteiger partial charge in [0.25, 0.3) is 0 Å². The van der Waals surface area contributed by atoms with Crippen LogP contribution in [0.15, 0.2) is 12.4 Å². The van der Waals surface area contributed by atoms with E-state index in [0.29, 0.717) is 12.1 Å². The summed E-state index contributed by atoms with van der Waals surface area (Å²) in [4.78, 5) is 2.52. The molecule has 3 atom stereocenters. The van der Waals surface area contributed by atoms with E-state index in [0.717, 1.165) is 13.1 Å². The lowest BCUT2D eigenvalue weighted by Gasteiger charge is -2.39. The van der Waals surface area contributed by atoms with Crippen molar-refractivity contribution in [2.75, 3.05) is 13.1 Å². The zero-order valence-corrected chi connectivity index (χ0v) is 11.3. The van der Waals surface area contributed by atoms with E-state index in [1.165, 1.54) is 12.0 Å². The highest BCUT2D eigenvalue weighted by atomic mass is 16.5. The minimum absolute atomic E-state index is 0.168. The third-order valence-electron chi connectivity index (χ3n) is 3.60. The first-order chi connectivity index (χ1) is 8.10.